The predicted molar refractivity (Wildman–Crippen MR) is 116 cm³/mol. The number of ether oxygens (including phenoxy) is 1. The van der Waals surface area contributed by atoms with Crippen molar-refractivity contribution in [2.45, 2.75) is 30.8 Å². The van der Waals surface area contributed by atoms with Gasteiger partial charge in [0.2, 0.25) is 10.0 Å². The highest BCUT2D eigenvalue weighted by Crippen LogP contribution is 2.26. The maximum absolute atomic E-state index is 13.6. The quantitative estimate of drug-likeness (QED) is 0.612. The van der Waals surface area contributed by atoms with E-state index in [-0.39, 0.29) is 41.6 Å². The number of carbonyl (C=O) groups is 1. The average Bonchev–Trinajstić information content (AvgIpc) is 3.41. The van der Waals surface area contributed by atoms with Crippen LogP contribution in [0.4, 0.5) is 0 Å². The first-order valence-corrected chi connectivity index (χ1v) is 13.7. The van der Waals surface area contributed by atoms with Gasteiger partial charge in [0.15, 0.2) is 9.84 Å². The third-order valence-electron chi connectivity index (χ3n) is 5.86. The van der Waals surface area contributed by atoms with Crippen LogP contribution in [0.5, 0.6) is 0 Å². The minimum Gasteiger partial charge on any atom is -0.467 e. The van der Waals surface area contributed by atoms with E-state index in [4.69, 9.17) is 9.15 Å². The highest BCUT2D eigenvalue weighted by atomic mass is 32.2. The Hall–Kier alpha value is -2.21. The van der Waals surface area contributed by atoms with Crippen molar-refractivity contribution in [3.8, 4) is 0 Å². The second-order valence-electron chi connectivity index (χ2n) is 8.06. The molecule has 0 radical (unpaired) electrons. The molecule has 174 valence electrons. The van der Waals surface area contributed by atoms with Crippen molar-refractivity contribution in [2.24, 2.45) is 0 Å². The molecule has 0 saturated carbocycles. The molecule has 2 aliphatic heterocycles. The van der Waals surface area contributed by atoms with Crippen LogP contribution in [0.1, 0.15) is 28.1 Å². The van der Waals surface area contributed by atoms with Crippen LogP contribution in [-0.2, 0) is 31.1 Å². The number of morpholine rings is 1. The van der Waals surface area contributed by atoms with E-state index in [2.05, 4.69) is 0 Å². The molecule has 4 rings (SSSR count). The van der Waals surface area contributed by atoms with Crippen LogP contribution in [0.15, 0.2) is 45.9 Å². The third kappa shape index (κ3) is 4.75. The average molecular weight is 483 g/mol. The minimum absolute atomic E-state index is 0.0179. The number of hydrogen-bond acceptors (Lipinski definition) is 7. The molecule has 0 spiro atoms. The normalized spacial score (nSPS) is 21.5. The van der Waals surface area contributed by atoms with Crippen LogP contribution in [-0.4, -0.2) is 75.8 Å². The van der Waals surface area contributed by atoms with E-state index < -0.39 is 31.8 Å². The molecule has 11 heteroatoms. The summed E-state index contributed by atoms with van der Waals surface area (Å²) < 4.78 is 62.3. The Labute approximate surface area is 187 Å². The minimum atomic E-state index is -3.78. The fourth-order valence-corrected chi connectivity index (χ4v) is 7.21. The summed E-state index contributed by atoms with van der Waals surface area (Å²) in [4.78, 5) is 15.1. The summed E-state index contributed by atoms with van der Waals surface area (Å²) in [7, 11) is -7.01. The van der Waals surface area contributed by atoms with Crippen molar-refractivity contribution >= 4 is 25.8 Å². The van der Waals surface area contributed by atoms with E-state index in [0.717, 1.165) is 0 Å². The Kier molecular flexibility index (Phi) is 6.44. The van der Waals surface area contributed by atoms with Gasteiger partial charge >= 0.3 is 0 Å². The van der Waals surface area contributed by atoms with Gasteiger partial charge in [0.05, 0.1) is 42.4 Å². The summed E-state index contributed by atoms with van der Waals surface area (Å²) >= 11 is 0. The molecule has 1 amide bonds. The van der Waals surface area contributed by atoms with E-state index in [9.17, 15) is 21.6 Å². The van der Waals surface area contributed by atoms with Gasteiger partial charge in [-0.3, -0.25) is 4.79 Å². The molecule has 0 aliphatic carbocycles. The van der Waals surface area contributed by atoms with Gasteiger partial charge < -0.3 is 14.1 Å². The topological polar surface area (TPSA) is 114 Å². The molecule has 2 fully saturated rings. The molecule has 3 heterocycles. The van der Waals surface area contributed by atoms with E-state index in [1.54, 1.807) is 25.1 Å². The summed E-state index contributed by atoms with van der Waals surface area (Å²) in [6.45, 7) is 2.99. The van der Waals surface area contributed by atoms with Crippen molar-refractivity contribution in [3.63, 3.8) is 0 Å². The van der Waals surface area contributed by atoms with Gasteiger partial charge in [0.1, 0.15) is 5.76 Å². The van der Waals surface area contributed by atoms with Gasteiger partial charge in [-0.15, -0.1) is 0 Å². The van der Waals surface area contributed by atoms with E-state index in [1.165, 1.54) is 27.6 Å². The molecule has 0 bridgehead atoms. The first-order valence-electron chi connectivity index (χ1n) is 10.4. The van der Waals surface area contributed by atoms with Gasteiger partial charge in [0, 0.05) is 24.7 Å². The fourth-order valence-electron chi connectivity index (χ4n) is 4.04. The highest BCUT2D eigenvalue weighted by Gasteiger charge is 2.36. The zero-order valence-electron chi connectivity index (χ0n) is 17.8. The zero-order chi connectivity index (χ0) is 22.9. The van der Waals surface area contributed by atoms with Crippen LogP contribution in [0.25, 0.3) is 0 Å². The lowest BCUT2D eigenvalue weighted by Gasteiger charge is -2.29. The first-order chi connectivity index (χ1) is 15.2. The molecule has 2 aromatic rings. The SMILES string of the molecule is Cc1ccc(S(=O)(=O)N2CCOCC2)cc1C(=O)N(Cc1ccco1)C1CCS(=O)(=O)C1. The molecule has 32 heavy (non-hydrogen) atoms. The molecule has 9 nitrogen and oxygen atoms in total. The van der Waals surface area contributed by atoms with Crippen LogP contribution in [0.3, 0.4) is 0 Å². The van der Waals surface area contributed by atoms with Crippen molar-refractivity contribution < 1.29 is 30.8 Å². The van der Waals surface area contributed by atoms with Gasteiger partial charge in [-0.25, -0.2) is 16.8 Å². The van der Waals surface area contributed by atoms with Crippen molar-refractivity contribution in [1.29, 1.82) is 0 Å². The molecular formula is C21H26N2O7S2. The molecule has 1 aromatic heterocycles. The van der Waals surface area contributed by atoms with Crippen LogP contribution in [0, 0.1) is 6.92 Å². The monoisotopic (exact) mass is 482 g/mol. The van der Waals surface area contributed by atoms with Crippen molar-refractivity contribution in [3.05, 3.63) is 53.5 Å². The molecule has 1 aromatic carbocycles. The lowest BCUT2D eigenvalue weighted by molar-refractivity contribution is 0.0665. The number of benzene rings is 1. The number of furan rings is 1. The van der Waals surface area contributed by atoms with E-state index in [1.807, 2.05) is 0 Å². The number of amides is 1. The number of aryl methyl sites for hydroxylation is 1. The number of hydrogen-bond donors (Lipinski definition) is 0. The number of rotatable bonds is 6. The Morgan fingerprint density at radius 3 is 2.59 bits per heavy atom. The second-order valence-corrected chi connectivity index (χ2v) is 12.2. The smallest absolute Gasteiger partial charge is 0.254 e. The van der Waals surface area contributed by atoms with Gasteiger partial charge in [-0.1, -0.05) is 6.07 Å². The Morgan fingerprint density at radius 2 is 1.97 bits per heavy atom. The molecule has 1 unspecified atom stereocenters. The number of carbonyl (C=O) groups excluding carboxylic acids is 1. The third-order valence-corrected chi connectivity index (χ3v) is 9.51. The molecular weight excluding hydrogens is 456 g/mol. The maximum atomic E-state index is 13.6. The van der Waals surface area contributed by atoms with Gasteiger partial charge in [-0.2, -0.15) is 4.31 Å². The molecule has 2 aliphatic rings. The predicted octanol–water partition coefficient (Wildman–Crippen LogP) is 1.44. The Morgan fingerprint density at radius 1 is 1.22 bits per heavy atom. The zero-order valence-corrected chi connectivity index (χ0v) is 19.4. The molecule has 2 saturated heterocycles. The van der Waals surface area contributed by atoms with Crippen LogP contribution < -0.4 is 0 Å². The largest absolute Gasteiger partial charge is 0.467 e. The lowest BCUT2D eigenvalue weighted by Crippen LogP contribution is -2.41. The lowest BCUT2D eigenvalue weighted by atomic mass is 10.1. The van der Waals surface area contributed by atoms with Gasteiger partial charge in [-0.05, 0) is 43.2 Å². The molecule has 0 N–H and O–H groups in total. The van der Waals surface area contributed by atoms with Crippen molar-refractivity contribution in [1.82, 2.24) is 9.21 Å². The highest BCUT2D eigenvalue weighted by molar-refractivity contribution is 7.91. The van der Waals surface area contributed by atoms with E-state index in [0.29, 0.717) is 31.0 Å². The Balaban J connectivity index is 1.68. The summed E-state index contributed by atoms with van der Waals surface area (Å²) in [5.74, 6) is 0.00584. The van der Waals surface area contributed by atoms with Crippen LogP contribution in [0.2, 0.25) is 0 Å². The first kappa shape index (κ1) is 23.0. The fraction of sp³-hybridized carbons (Fsp3) is 0.476. The number of sulfonamides is 1. The summed E-state index contributed by atoms with van der Waals surface area (Å²) in [6.07, 6.45) is 1.82. The standard InChI is InChI=1S/C21H26N2O7S2/c1-16-4-5-19(32(27,28)22-7-10-29-11-8-22)13-20(16)21(24)23(14-18-3-2-9-30-18)17-6-12-31(25,26)15-17/h2-5,9,13,17H,6-8,10-12,14-15H2,1H3. The van der Waals surface area contributed by atoms with Gasteiger partial charge in [0.25, 0.3) is 5.91 Å². The number of nitrogens with zero attached hydrogens (tertiary/aromatic N) is 2. The summed E-state index contributed by atoms with van der Waals surface area (Å²) in [6, 6.07) is 7.41. The van der Waals surface area contributed by atoms with Crippen LogP contribution >= 0.6 is 0 Å². The Bertz CT molecular complexity index is 1180. The summed E-state index contributed by atoms with van der Waals surface area (Å²) in [5.41, 5.74) is 0.844. The van der Waals surface area contributed by atoms with E-state index >= 15 is 0 Å². The summed E-state index contributed by atoms with van der Waals surface area (Å²) in [5, 5.41) is 0. The van der Waals surface area contributed by atoms with Crippen molar-refractivity contribution in [2.75, 3.05) is 37.8 Å². The maximum Gasteiger partial charge on any atom is 0.254 e. The number of sulfone groups is 1. The molecule has 1 atom stereocenters. The second kappa shape index (κ2) is 8.97.